The fourth-order valence-electron chi connectivity index (χ4n) is 2.62. The second-order valence-corrected chi connectivity index (χ2v) is 5.37. The van der Waals surface area contributed by atoms with Crippen LogP contribution in [0.3, 0.4) is 0 Å². The summed E-state index contributed by atoms with van der Waals surface area (Å²) in [6.07, 6.45) is 0. The van der Waals surface area contributed by atoms with Crippen molar-refractivity contribution in [2.24, 2.45) is 0 Å². The molecule has 0 unspecified atom stereocenters. The number of rotatable bonds is 3. The molecule has 0 spiro atoms. The lowest BCUT2D eigenvalue weighted by atomic mass is 9.95. The molecule has 0 saturated heterocycles. The van der Waals surface area contributed by atoms with Crippen LogP contribution in [0.25, 0.3) is 22.3 Å². The molecule has 3 aromatic rings. The molecule has 0 N–H and O–H groups in total. The van der Waals surface area contributed by atoms with E-state index in [1.54, 1.807) is 31.2 Å². The molecule has 0 aliphatic carbocycles. The quantitative estimate of drug-likeness (QED) is 0.683. The van der Waals surface area contributed by atoms with Gasteiger partial charge >= 0.3 is 11.6 Å². The fourth-order valence-corrected chi connectivity index (χ4v) is 2.62. The number of methoxy groups -OCH3 is 1. The highest BCUT2D eigenvalue weighted by atomic mass is 16.5. The Morgan fingerprint density at radius 1 is 0.958 bits per heavy atom. The predicted molar refractivity (Wildman–Crippen MR) is 91.9 cm³/mol. The minimum absolute atomic E-state index is 0.381. The van der Waals surface area contributed by atoms with Crippen LogP contribution < -0.4 is 5.63 Å². The van der Waals surface area contributed by atoms with E-state index in [1.165, 1.54) is 7.11 Å². The Hall–Kier alpha value is -3.14. The van der Waals surface area contributed by atoms with E-state index in [1.807, 2.05) is 36.4 Å². The van der Waals surface area contributed by atoms with Crippen LogP contribution in [0.4, 0.5) is 0 Å². The molecule has 1 heterocycles. The lowest BCUT2D eigenvalue weighted by Crippen LogP contribution is -2.06. The van der Waals surface area contributed by atoms with Crippen molar-refractivity contribution < 1.29 is 13.9 Å². The molecule has 120 valence electrons. The third-order valence-electron chi connectivity index (χ3n) is 3.75. The van der Waals surface area contributed by atoms with Crippen LogP contribution in [0, 0.1) is 6.92 Å². The van der Waals surface area contributed by atoms with E-state index in [0.29, 0.717) is 16.9 Å². The lowest BCUT2D eigenvalue weighted by molar-refractivity contribution is 0.0601. The van der Waals surface area contributed by atoms with E-state index in [9.17, 15) is 9.59 Å². The van der Waals surface area contributed by atoms with Crippen molar-refractivity contribution in [3.05, 3.63) is 82.4 Å². The van der Waals surface area contributed by atoms with Crippen molar-refractivity contribution in [3.8, 4) is 22.3 Å². The zero-order valence-corrected chi connectivity index (χ0v) is 13.4. The predicted octanol–water partition coefficient (Wildman–Crippen LogP) is 4.07. The fraction of sp³-hybridized carbons (Fsp3) is 0.100. The van der Waals surface area contributed by atoms with Gasteiger partial charge in [-0.15, -0.1) is 0 Å². The van der Waals surface area contributed by atoms with Gasteiger partial charge in [0.1, 0.15) is 5.76 Å². The molecular weight excluding hydrogens is 304 g/mol. The van der Waals surface area contributed by atoms with Gasteiger partial charge in [0.25, 0.3) is 0 Å². The second-order valence-electron chi connectivity index (χ2n) is 5.37. The molecule has 0 fully saturated rings. The number of ether oxygens (including phenoxy) is 1. The van der Waals surface area contributed by atoms with Crippen LogP contribution in [0.1, 0.15) is 16.1 Å². The molecule has 0 aliphatic heterocycles. The van der Waals surface area contributed by atoms with Crippen molar-refractivity contribution in [3.63, 3.8) is 0 Å². The number of benzene rings is 2. The maximum Gasteiger partial charge on any atom is 0.344 e. The number of hydrogen-bond acceptors (Lipinski definition) is 4. The van der Waals surface area contributed by atoms with E-state index in [4.69, 9.17) is 9.15 Å². The van der Waals surface area contributed by atoms with Gasteiger partial charge in [0.15, 0.2) is 0 Å². The number of hydrogen-bond donors (Lipinski definition) is 0. The summed E-state index contributed by atoms with van der Waals surface area (Å²) in [7, 11) is 1.34. The first kappa shape index (κ1) is 15.7. The average Bonchev–Trinajstić information content (AvgIpc) is 2.61. The Kier molecular flexibility index (Phi) is 4.29. The third kappa shape index (κ3) is 2.99. The van der Waals surface area contributed by atoms with Gasteiger partial charge < -0.3 is 9.15 Å². The molecule has 4 heteroatoms. The van der Waals surface area contributed by atoms with Crippen LogP contribution in [0.5, 0.6) is 0 Å². The summed E-state index contributed by atoms with van der Waals surface area (Å²) < 4.78 is 9.98. The molecule has 0 aliphatic rings. The number of esters is 1. The molecule has 0 bridgehead atoms. The molecule has 4 nitrogen and oxygen atoms in total. The van der Waals surface area contributed by atoms with Gasteiger partial charge in [-0.1, -0.05) is 42.5 Å². The molecule has 0 atom stereocenters. The SMILES string of the molecule is COC(=O)c1ccc(-c2cc(C)oc(=O)c2-c2ccccc2)cc1. The largest absolute Gasteiger partial charge is 0.465 e. The Morgan fingerprint density at radius 3 is 2.25 bits per heavy atom. The van der Waals surface area contributed by atoms with Gasteiger partial charge in [-0.2, -0.15) is 0 Å². The van der Waals surface area contributed by atoms with E-state index in [2.05, 4.69) is 0 Å². The number of aryl methyl sites for hydroxylation is 1. The number of carbonyl (C=O) groups excluding carboxylic acids is 1. The normalized spacial score (nSPS) is 10.4. The first-order chi connectivity index (χ1) is 11.6. The highest BCUT2D eigenvalue weighted by Crippen LogP contribution is 2.30. The summed E-state index contributed by atoms with van der Waals surface area (Å²) in [5, 5.41) is 0. The summed E-state index contributed by atoms with van der Waals surface area (Å²) in [6.45, 7) is 1.74. The molecule has 1 aromatic heterocycles. The number of carbonyl (C=O) groups is 1. The van der Waals surface area contributed by atoms with E-state index >= 15 is 0 Å². The van der Waals surface area contributed by atoms with Gasteiger partial charge in [0, 0.05) is 5.56 Å². The topological polar surface area (TPSA) is 56.5 Å². The molecular formula is C20H16O4. The standard InChI is InChI=1S/C20H16O4/c1-13-12-17(14-8-10-16(11-9-14)19(21)23-2)18(20(22)24-13)15-6-4-3-5-7-15/h3-12H,1-2H3. The van der Waals surface area contributed by atoms with Crippen molar-refractivity contribution in [2.45, 2.75) is 6.92 Å². The van der Waals surface area contributed by atoms with E-state index < -0.39 is 5.97 Å². The van der Waals surface area contributed by atoms with Gasteiger partial charge in [0.05, 0.1) is 18.2 Å². The van der Waals surface area contributed by atoms with E-state index in [0.717, 1.165) is 16.7 Å². The van der Waals surface area contributed by atoms with Crippen LogP contribution in [0.2, 0.25) is 0 Å². The summed E-state index contributed by atoms with van der Waals surface area (Å²) in [6, 6.07) is 18.2. The van der Waals surface area contributed by atoms with Crippen molar-refractivity contribution >= 4 is 5.97 Å². The summed E-state index contributed by atoms with van der Waals surface area (Å²) >= 11 is 0. The first-order valence-corrected chi connectivity index (χ1v) is 7.49. The minimum Gasteiger partial charge on any atom is -0.465 e. The Bertz CT molecular complexity index is 922. The first-order valence-electron chi connectivity index (χ1n) is 7.49. The Labute approximate surface area is 139 Å². The van der Waals surface area contributed by atoms with Crippen molar-refractivity contribution in [1.82, 2.24) is 0 Å². The average molecular weight is 320 g/mol. The zero-order valence-electron chi connectivity index (χ0n) is 13.4. The van der Waals surface area contributed by atoms with Gasteiger partial charge in [0.2, 0.25) is 0 Å². The van der Waals surface area contributed by atoms with Gasteiger partial charge in [-0.05, 0) is 36.2 Å². The van der Waals surface area contributed by atoms with Crippen LogP contribution in [-0.2, 0) is 4.74 Å². The summed E-state index contributed by atoms with van der Waals surface area (Å²) in [5.74, 6) is 0.139. The van der Waals surface area contributed by atoms with Crippen LogP contribution in [0.15, 0.2) is 69.9 Å². The minimum atomic E-state index is -0.395. The molecule has 0 saturated carbocycles. The lowest BCUT2D eigenvalue weighted by Gasteiger charge is -2.10. The smallest absolute Gasteiger partial charge is 0.344 e. The monoisotopic (exact) mass is 320 g/mol. The van der Waals surface area contributed by atoms with Crippen LogP contribution >= 0.6 is 0 Å². The summed E-state index contributed by atoms with van der Waals surface area (Å²) in [4.78, 5) is 24.0. The molecule has 0 amide bonds. The summed E-state index contributed by atoms with van der Waals surface area (Å²) in [5.41, 5.74) is 2.98. The molecule has 0 radical (unpaired) electrons. The van der Waals surface area contributed by atoms with Crippen molar-refractivity contribution in [1.29, 1.82) is 0 Å². The molecule has 24 heavy (non-hydrogen) atoms. The maximum atomic E-state index is 12.4. The van der Waals surface area contributed by atoms with E-state index in [-0.39, 0.29) is 5.63 Å². The molecule has 3 rings (SSSR count). The third-order valence-corrected chi connectivity index (χ3v) is 3.75. The highest BCUT2D eigenvalue weighted by Gasteiger charge is 2.15. The van der Waals surface area contributed by atoms with Crippen molar-refractivity contribution in [2.75, 3.05) is 7.11 Å². The maximum absolute atomic E-state index is 12.4. The zero-order chi connectivity index (χ0) is 17.1. The highest BCUT2D eigenvalue weighted by molar-refractivity contribution is 5.90. The second kappa shape index (κ2) is 6.54. The van der Waals surface area contributed by atoms with Gasteiger partial charge in [-0.3, -0.25) is 0 Å². The Morgan fingerprint density at radius 2 is 1.62 bits per heavy atom. The van der Waals surface area contributed by atoms with Gasteiger partial charge in [-0.25, -0.2) is 9.59 Å². The molecule has 2 aromatic carbocycles. The van der Waals surface area contributed by atoms with Crippen LogP contribution in [-0.4, -0.2) is 13.1 Å². The Balaban J connectivity index is 2.17.